The van der Waals surface area contributed by atoms with Crippen molar-refractivity contribution in [3.63, 3.8) is 0 Å². The molecule has 1 N–H and O–H groups in total. The summed E-state index contributed by atoms with van der Waals surface area (Å²) in [5.41, 5.74) is 1.90. The van der Waals surface area contributed by atoms with E-state index < -0.39 is 23.4 Å². The minimum Gasteiger partial charge on any atom is -0.466 e. The fourth-order valence-electron chi connectivity index (χ4n) is 5.99. The van der Waals surface area contributed by atoms with Gasteiger partial charge in [0, 0.05) is 66.1 Å². The molecular formula is C34H31ClFN7O3S. The SMILES string of the molecule is COC(=O)C1=C(CN2CCN3C(=O)N(C(C)(C)C#Cc4ccc(C#N)cc4)C[C@@H]3C2)NC(c2nccs2)=NC1c1ccc(F)cc1Cl. The molecule has 4 heterocycles. The molecule has 47 heavy (non-hydrogen) atoms. The molecule has 13 heteroatoms. The molecular weight excluding hydrogens is 641 g/mol. The molecule has 2 atom stereocenters. The molecule has 1 aromatic heterocycles. The molecule has 10 nitrogen and oxygen atoms in total. The number of amidine groups is 1. The highest BCUT2D eigenvalue weighted by Crippen LogP contribution is 2.37. The number of hydrogen-bond donors (Lipinski definition) is 1. The molecule has 3 aromatic rings. The van der Waals surface area contributed by atoms with Crippen molar-refractivity contribution in [2.75, 3.05) is 39.8 Å². The number of hydrogen-bond acceptors (Lipinski definition) is 9. The van der Waals surface area contributed by atoms with E-state index in [0.717, 1.165) is 5.56 Å². The fraction of sp³-hybridized carbons (Fsp3) is 0.324. The maximum Gasteiger partial charge on any atom is 0.338 e. The Hall–Kier alpha value is -4.75. The smallest absolute Gasteiger partial charge is 0.338 e. The lowest BCUT2D eigenvalue weighted by atomic mass is 9.95. The van der Waals surface area contributed by atoms with Crippen molar-refractivity contribution in [3.05, 3.63) is 97.8 Å². The second-order valence-corrected chi connectivity index (χ2v) is 13.2. The third kappa shape index (κ3) is 6.58. The predicted molar refractivity (Wildman–Crippen MR) is 176 cm³/mol. The molecule has 0 radical (unpaired) electrons. The summed E-state index contributed by atoms with van der Waals surface area (Å²) >= 11 is 7.88. The molecule has 2 saturated heterocycles. The van der Waals surface area contributed by atoms with E-state index in [9.17, 15) is 14.0 Å². The minimum atomic E-state index is -0.856. The number of aliphatic imine (C=N–C) groups is 1. The summed E-state index contributed by atoms with van der Waals surface area (Å²) in [5.74, 6) is 5.80. The third-order valence-electron chi connectivity index (χ3n) is 8.44. The van der Waals surface area contributed by atoms with Crippen molar-refractivity contribution in [1.29, 1.82) is 5.26 Å². The molecule has 2 fully saturated rings. The normalized spacial score (nSPS) is 19.7. The number of methoxy groups -OCH3 is 1. The van der Waals surface area contributed by atoms with Gasteiger partial charge in [-0.1, -0.05) is 29.5 Å². The summed E-state index contributed by atoms with van der Waals surface area (Å²) in [5, 5.41) is 15.0. The molecule has 2 amide bonds. The van der Waals surface area contributed by atoms with Crippen LogP contribution in [0.1, 0.15) is 41.6 Å². The van der Waals surface area contributed by atoms with Gasteiger partial charge in [-0.15, -0.1) is 11.3 Å². The summed E-state index contributed by atoms with van der Waals surface area (Å²) < 4.78 is 19.2. The van der Waals surface area contributed by atoms with Crippen molar-refractivity contribution < 1.29 is 18.7 Å². The Balaban J connectivity index is 1.25. The minimum absolute atomic E-state index is 0.0664. The van der Waals surface area contributed by atoms with Crippen LogP contribution >= 0.6 is 22.9 Å². The van der Waals surface area contributed by atoms with Gasteiger partial charge in [0.05, 0.1) is 30.4 Å². The van der Waals surface area contributed by atoms with Gasteiger partial charge in [0.15, 0.2) is 10.8 Å². The van der Waals surface area contributed by atoms with E-state index in [1.807, 2.05) is 24.1 Å². The molecule has 3 aliphatic rings. The Bertz CT molecular complexity index is 1880. The molecule has 240 valence electrons. The molecule has 0 spiro atoms. The van der Waals surface area contributed by atoms with E-state index in [-0.39, 0.29) is 22.7 Å². The number of nitrogens with zero attached hydrogens (tertiary/aromatic N) is 6. The van der Waals surface area contributed by atoms with Crippen LogP contribution in [0.25, 0.3) is 0 Å². The van der Waals surface area contributed by atoms with E-state index in [2.05, 4.69) is 33.1 Å². The first kappa shape index (κ1) is 32.2. The largest absolute Gasteiger partial charge is 0.466 e. The Morgan fingerprint density at radius 1 is 1.19 bits per heavy atom. The first-order valence-corrected chi connectivity index (χ1v) is 16.2. The van der Waals surface area contributed by atoms with Gasteiger partial charge in [-0.05, 0) is 50.2 Å². The number of benzene rings is 2. The zero-order valence-electron chi connectivity index (χ0n) is 26.0. The van der Waals surface area contributed by atoms with Gasteiger partial charge in [-0.3, -0.25) is 9.89 Å². The van der Waals surface area contributed by atoms with Gasteiger partial charge in [0.2, 0.25) is 0 Å². The lowest BCUT2D eigenvalue weighted by Crippen LogP contribution is -2.53. The van der Waals surface area contributed by atoms with Crippen molar-refractivity contribution in [3.8, 4) is 17.9 Å². The summed E-state index contributed by atoms with van der Waals surface area (Å²) in [6, 6.07) is 12.1. The Morgan fingerprint density at radius 3 is 2.64 bits per heavy atom. The Labute approximate surface area is 281 Å². The number of carbonyl (C=O) groups excluding carboxylic acids is 2. The number of ether oxygens (including phenoxy) is 1. The maximum atomic E-state index is 14.0. The van der Waals surface area contributed by atoms with Crippen molar-refractivity contribution in [2.45, 2.75) is 31.5 Å². The number of thiazole rings is 1. The molecule has 0 bridgehead atoms. The van der Waals surface area contributed by atoms with Crippen LogP contribution in [0.4, 0.5) is 9.18 Å². The van der Waals surface area contributed by atoms with E-state index in [4.69, 9.17) is 26.6 Å². The highest BCUT2D eigenvalue weighted by molar-refractivity contribution is 7.11. The van der Waals surface area contributed by atoms with Crippen molar-refractivity contribution in [2.24, 2.45) is 4.99 Å². The Morgan fingerprint density at radius 2 is 1.96 bits per heavy atom. The van der Waals surface area contributed by atoms with Gasteiger partial charge in [-0.2, -0.15) is 5.26 Å². The number of rotatable bonds is 6. The number of carbonyl (C=O) groups is 2. The molecule has 6 rings (SSSR count). The van der Waals surface area contributed by atoms with Gasteiger partial charge in [0.25, 0.3) is 0 Å². The monoisotopic (exact) mass is 671 g/mol. The number of nitriles is 1. The highest BCUT2D eigenvalue weighted by atomic mass is 35.5. The van der Waals surface area contributed by atoms with Gasteiger partial charge in [0.1, 0.15) is 17.4 Å². The zero-order valence-corrected chi connectivity index (χ0v) is 27.5. The lowest BCUT2D eigenvalue weighted by Gasteiger charge is -2.38. The standard InChI is InChI=1S/C34H31ClFN7O3S/c1-34(2,11-10-21-4-6-22(17-37)7-5-21)43-19-24-18-41(13-14-42(24)33(43)45)20-27-28(32(44)46-3)29(25-9-8-23(36)16-26(25)35)40-30(39-27)31-38-12-15-47-31/h4-9,12,15-16,24,29H,13-14,18-20H2,1-3H3,(H,39,40)/t24-,29?/m0/s1. The molecule has 0 aliphatic carbocycles. The van der Waals surface area contributed by atoms with E-state index >= 15 is 0 Å². The summed E-state index contributed by atoms with van der Waals surface area (Å²) in [4.78, 5) is 42.0. The van der Waals surface area contributed by atoms with Crippen LogP contribution in [0.2, 0.25) is 5.02 Å². The first-order valence-electron chi connectivity index (χ1n) is 14.9. The first-order chi connectivity index (χ1) is 22.6. The Kier molecular flexibility index (Phi) is 9.02. The highest BCUT2D eigenvalue weighted by Gasteiger charge is 2.46. The average Bonchev–Trinajstić information content (AvgIpc) is 3.72. The van der Waals surface area contributed by atoms with E-state index in [0.29, 0.717) is 60.4 Å². The van der Waals surface area contributed by atoms with Crippen molar-refractivity contribution >= 4 is 40.8 Å². The van der Waals surface area contributed by atoms with Crippen LogP contribution in [0.5, 0.6) is 0 Å². The third-order valence-corrected chi connectivity index (χ3v) is 9.55. The molecule has 0 saturated carbocycles. The van der Waals surface area contributed by atoms with Crippen LogP contribution in [0.3, 0.4) is 0 Å². The van der Waals surface area contributed by atoms with Gasteiger partial charge in [-0.25, -0.2) is 19.0 Å². The number of halogens is 2. The molecule has 2 aromatic carbocycles. The average molecular weight is 672 g/mol. The number of esters is 1. The number of aromatic nitrogens is 1. The zero-order chi connectivity index (χ0) is 33.3. The second kappa shape index (κ2) is 13.2. The van der Waals surface area contributed by atoms with Gasteiger partial charge >= 0.3 is 12.0 Å². The topological polar surface area (TPSA) is 114 Å². The quantitative estimate of drug-likeness (QED) is 0.302. The maximum absolute atomic E-state index is 14.0. The van der Waals surface area contributed by atoms with Crippen LogP contribution in [-0.4, -0.2) is 88.9 Å². The predicted octanol–water partition coefficient (Wildman–Crippen LogP) is 4.58. The number of nitrogens with one attached hydrogen (secondary N) is 1. The number of amides is 2. The summed E-state index contributed by atoms with van der Waals surface area (Å²) in [7, 11) is 1.31. The van der Waals surface area contributed by atoms with Crippen LogP contribution in [-0.2, 0) is 9.53 Å². The number of fused-ring (bicyclic) bond motifs is 1. The van der Waals surface area contributed by atoms with Crippen LogP contribution in [0, 0.1) is 29.0 Å². The van der Waals surface area contributed by atoms with Gasteiger partial charge < -0.3 is 19.9 Å². The van der Waals surface area contributed by atoms with E-state index in [1.54, 1.807) is 35.4 Å². The summed E-state index contributed by atoms with van der Waals surface area (Å²) in [6.45, 7) is 6.31. The fourth-order valence-corrected chi connectivity index (χ4v) is 6.85. The van der Waals surface area contributed by atoms with E-state index in [1.165, 1.54) is 36.6 Å². The second-order valence-electron chi connectivity index (χ2n) is 11.9. The molecule has 1 unspecified atom stereocenters. The van der Waals surface area contributed by atoms with Crippen molar-refractivity contribution in [1.82, 2.24) is 25.0 Å². The van der Waals surface area contributed by atoms with Crippen LogP contribution in [0.15, 0.2) is 70.3 Å². The number of urea groups is 1. The lowest BCUT2D eigenvalue weighted by molar-refractivity contribution is -0.136. The summed E-state index contributed by atoms with van der Waals surface area (Å²) in [6.07, 6.45) is 1.67. The number of piperazine rings is 1. The molecule has 3 aliphatic heterocycles. The van der Waals surface area contributed by atoms with Crippen LogP contribution < -0.4 is 5.32 Å².